The van der Waals surface area contributed by atoms with Crippen molar-refractivity contribution in [2.75, 3.05) is 12.8 Å². The van der Waals surface area contributed by atoms with Gasteiger partial charge in [-0.15, -0.1) is 0 Å². The maximum absolute atomic E-state index is 12.7. The molecular formula is C20H18N6O2. The summed E-state index contributed by atoms with van der Waals surface area (Å²) in [5, 5.41) is 2.85. The van der Waals surface area contributed by atoms with E-state index >= 15 is 0 Å². The van der Waals surface area contributed by atoms with Crippen molar-refractivity contribution in [3.63, 3.8) is 0 Å². The van der Waals surface area contributed by atoms with Crippen LogP contribution >= 0.6 is 0 Å². The van der Waals surface area contributed by atoms with Gasteiger partial charge in [0.05, 0.1) is 35.9 Å². The van der Waals surface area contributed by atoms with Crippen molar-refractivity contribution in [2.24, 2.45) is 0 Å². The van der Waals surface area contributed by atoms with E-state index in [1.165, 1.54) is 6.20 Å². The Morgan fingerprint density at radius 1 is 1.18 bits per heavy atom. The predicted octanol–water partition coefficient (Wildman–Crippen LogP) is 2.54. The molecule has 0 unspecified atom stereocenters. The minimum atomic E-state index is -0.308. The van der Waals surface area contributed by atoms with Crippen LogP contribution < -0.4 is 15.8 Å². The zero-order chi connectivity index (χ0) is 19.5. The number of nitrogens with zero attached hydrogens (tertiary/aromatic N) is 3. The number of benzene rings is 2. The number of nitrogens with one attached hydrogen (secondary N) is 2. The molecule has 4 rings (SSSR count). The third kappa shape index (κ3) is 3.48. The van der Waals surface area contributed by atoms with Gasteiger partial charge in [0.25, 0.3) is 5.91 Å². The normalized spacial score (nSPS) is 10.8. The topological polar surface area (TPSA) is 119 Å². The van der Waals surface area contributed by atoms with Gasteiger partial charge in [-0.2, -0.15) is 0 Å². The van der Waals surface area contributed by atoms with Crippen LogP contribution in [-0.4, -0.2) is 33.0 Å². The summed E-state index contributed by atoms with van der Waals surface area (Å²) in [7, 11) is 1.61. The van der Waals surface area contributed by atoms with Gasteiger partial charge in [0, 0.05) is 17.8 Å². The first kappa shape index (κ1) is 17.5. The van der Waals surface area contributed by atoms with Crippen LogP contribution in [0.3, 0.4) is 0 Å². The van der Waals surface area contributed by atoms with Crippen LogP contribution in [0.1, 0.15) is 16.2 Å². The van der Waals surface area contributed by atoms with E-state index in [9.17, 15) is 4.79 Å². The van der Waals surface area contributed by atoms with Gasteiger partial charge in [-0.1, -0.05) is 30.3 Å². The number of amides is 1. The second-order valence-electron chi connectivity index (χ2n) is 6.11. The van der Waals surface area contributed by atoms with Crippen LogP contribution in [0.25, 0.3) is 22.3 Å². The molecule has 1 amide bonds. The third-order valence-electron chi connectivity index (χ3n) is 4.25. The van der Waals surface area contributed by atoms with Crippen molar-refractivity contribution < 1.29 is 9.53 Å². The van der Waals surface area contributed by atoms with E-state index in [4.69, 9.17) is 10.5 Å². The lowest BCUT2D eigenvalue weighted by atomic mass is 10.1. The molecule has 2 heterocycles. The number of aromatic nitrogens is 4. The van der Waals surface area contributed by atoms with Crippen molar-refractivity contribution in [3.05, 3.63) is 66.1 Å². The fraction of sp³-hybridized carbons (Fsp3) is 0.100. The Labute approximate surface area is 160 Å². The Bertz CT molecular complexity index is 1140. The molecule has 0 aliphatic carbocycles. The molecule has 0 radical (unpaired) electrons. The molecule has 28 heavy (non-hydrogen) atoms. The van der Waals surface area contributed by atoms with E-state index in [0.29, 0.717) is 17.1 Å². The van der Waals surface area contributed by atoms with Gasteiger partial charge < -0.3 is 20.8 Å². The van der Waals surface area contributed by atoms with Crippen molar-refractivity contribution in [1.29, 1.82) is 0 Å². The van der Waals surface area contributed by atoms with Gasteiger partial charge in [0.15, 0.2) is 0 Å². The summed E-state index contributed by atoms with van der Waals surface area (Å²) in [5.41, 5.74) is 8.97. The van der Waals surface area contributed by atoms with Crippen LogP contribution in [0.4, 0.5) is 5.95 Å². The van der Waals surface area contributed by atoms with Crippen LogP contribution in [0.5, 0.6) is 5.75 Å². The van der Waals surface area contributed by atoms with Crippen molar-refractivity contribution in [1.82, 2.24) is 25.3 Å². The molecule has 0 fully saturated rings. The summed E-state index contributed by atoms with van der Waals surface area (Å²) in [5.74, 6) is 1.17. The van der Waals surface area contributed by atoms with Crippen molar-refractivity contribution in [3.8, 4) is 17.0 Å². The highest BCUT2D eigenvalue weighted by molar-refractivity contribution is 5.99. The molecular weight excluding hydrogens is 356 g/mol. The van der Waals surface area contributed by atoms with Gasteiger partial charge in [-0.25, -0.2) is 15.0 Å². The molecule has 0 aliphatic heterocycles. The Hall–Kier alpha value is -3.94. The lowest BCUT2D eigenvalue weighted by Gasteiger charge is -2.09. The van der Waals surface area contributed by atoms with Crippen molar-refractivity contribution in [2.45, 2.75) is 6.54 Å². The van der Waals surface area contributed by atoms with Gasteiger partial charge in [-0.05, 0) is 12.1 Å². The number of nitrogens with two attached hydrogens (primary N) is 1. The smallest absolute Gasteiger partial charge is 0.255 e. The van der Waals surface area contributed by atoms with E-state index in [0.717, 1.165) is 22.3 Å². The molecule has 0 aliphatic rings. The number of aromatic amines is 1. The first-order valence-electron chi connectivity index (χ1n) is 8.63. The second-order valence-corrected chi connectivity index (χ2v) is 6.11. The Kier molecular flexibility index (Phi) is 4.59. The number of hydrogen-bond acceptors (Lipinski definition) is 6. The number of imidazole rings is 1. The molecule has 4 aromatic rings. The molecule has 0 bridgehead atoms. The van der Waals surface area contributed by atoms with Crippen LogP contribution in [-0.2, 0) is 6.54 Å². The number of nitrogen functional groups attached to an aromatic ring is 1. The molecule has 0 saturated heterocycles. The first-order chi connectivity index (χ1) is 13.6. The van der Waals surface area contributed by atoms with E-state index < -0.39 is 0 Å². The SMILES string of the molecule is COc1ccc2nc(CNC(=O)c3cnc(N)nc3-c3ccccc3)[nH]c2c1. The highest BCUT2D eigenvalue weighted by Crippen LogP contribution is 2.22. The molecule has 140 valence electrons. The number of fused-ring (bicyclic) bond motifs is 1. The summed E-state index contributed by atoms with van der Waals surface area (Å²) >= 11 is 0. The second kappa shape index (κ2) is 7.36. The summed E-state index contributed by atoms with van der Waals surface area (Å²) in [6.45, 7) is 0.231. The van der Waals surface area contributed by atoms with Gasteiger partial charge >= 0.3 is 0 Å². The molecule has 2 aromatic heterocycles. The zero-order valence-corrected chi connectivity index (χ0v) is 15.1. The number of carbonyl (C=O) groups excluding carboxylic acids is 1. The molecule has 8 heteroatoms. The summed E-state index contributed by atoms with van der Waals surface area (Å²) < 4.78 is 5.21. The van der Waals surface area contributed by atoms with Gasteiger partial charge in [0.1, 0.15) is 11.6 Å². The largest absolute Gasteiger partial charge is 0.497 e. The van der Waals surface area contributed by atoms with E-state index in [2.05, 4.69) is 25.3 Å². The number of rotatable bonds is 5. The number of anilines is 1. The monoisotopic (exact) mass is 374 g/mol. The van der Waals surface area contributed by atoms with Crippen molar-refractivity contribution >= 4 is 22.9 Å². The average molecular weight is 374 g/mol. The number of H-pyrrole nitrogens is 1. The lowest BCUT2D eigenvalue weighted by Crippen LogP contribution is -2.24. The minimum absolute atomic E-state index is 0.113. The fourth-order valence-corrected chi connectivity index (χ4v) is 2.89. The van der Waals surface area contributed by atoms with Gasteiger partial charge in [-0.3, -0.25) is 4.79 Å². The Balaban J connectivity index is 1.56. The number of ether oxygens (including phenoxy) is 1. The molecule has 0 spiro atoms. The number of methoxy groups -OCH3 is 1. The van der Waals surface area contributed by atoms with Crippen LogP contribution in [0.15, 0.2) is 54.7 Å². The predicted molar refractivity (Wildman–Crippen MR) is 106 cm³/mol. The third-order valence-corrected chi connectivity index (χ3v) is 4.25. The minimum Gasteiger partial charge on any atom is -0.497 e. The zero-order valence-electron chi connectivity index (χ0n) is 15.1. The summed E-state index contributed by atoms with van der Waals surface area (Å²) in [6, 6.07) is 14.9. The summed E-state index contributed by atoms with van der Waals surface area (Å²) in [6.07, 6.45) is 1.43. The van der Waals surface area contributed by atoms with E-state index in [1.54, 1.807) is 7.11 Å². The van der Waals surface area contributed by atoms with Crippen LogP contribution in [0, 0.1) is 0 Å². The maximum atomic E-state index is 12.7. The maximum Gasteiger partial charge on any atom is 0.255 e. The Morgan fingerprint density at radius 3 is 2.79 bits per heavy atom. The van der Waals surface area contributed by atoms with E-state index in [-0.39, 0.29) is 18.4 Å². The molecule has 0 atom stereocenters. The Morgan fingerprint density at radius 2 is 2.00 bits per heavy atom. The van der Waals surface area contributed by atoms with E-state index in [1.807, 2.05) is 48.5 Å². The van der Waals surface area contributed by atoms with Gasteiger partial charge in [0.2, 0.25) is 5.95 Å². The average Bonchev–Trinajstić information content (AvgIpc) is 3.14. The van der Waals surface area contributed by atoms with Crippen LogP contribution in [0.2, 0.25) is 0 Å². The highest BCUT2D eigenvalue weighted by atomic mass is 16.5. The standard InChI is InChI=1S/C20H18N6O2/c1-28-13-7-8-15-16(9-13)25-17(24-15)11-22-19(27)14-10-23-20(21)26-18(14)12-5-3-2-4-6-12/h2-10H,11H2,1H3,(H,22,27)(H,24,25)(H2,21,23,26). The molecule has 2 aromatic carbocycles. The quantitative estimate of drug-likeness (QED) is 0.494. The first-order valence-corrected chi connectivity index (χ1v) is 8.63. The number of carbonyl (C=O) groups is 1. The molecule has 4 N–H and O–H groups in total. The molecule has 0 saturated carbocycles. The summed E-state index contributed by atoms with van der Waals surface area (Å²) in [4.78, 5) is 28.6. The lowest BCUT2D eigenvalue weighted by molar-refractivity contribution is 0.0950. The highest BCUT2D eigenvalue weighted by Gasteiger charge is 2.16. The molecule has 8 nitrogen and oxygen atoms in total. The fourth-order valence-electron chi connectivity index (χ4n) is 2.89. The number of hydrogen-bond donors (Lipinski definition) is 3.